The molecule has 2 saturated heterocycles. The smallest absolute Gasteiger partial charge is 0.259 e. The number of amides is 2. The number of aryl methyl sites for hydroxylation is 1. The van der Waals surface area contributed by atoms with Gasteiger partial charge in [0.1, 0.15) is 24.0 Å². The van der Waals surface area contributed by atoms with Gasteiger partial charge in [0.25, 0.3) is 11.8 Å². The van der Waals surface area contributed by atoms with E-state index in [0.717, 1.165) is 66.4 Å². The number of pyridine rings is 1. The number of hydrogen-bond acceptors (Lipinski definition) is 9. The Morgan fingerprint density at radius 3 is 2.58 bits per heavy atom. The molecule has 0 saturated carbocycles. The Bertz CT molecular complexity index is 2260. The van der Waals surface area contributed by atoms with Gasteiger partial charge in [-0.05, 0) is 91.9 Å². The number of halogens is 1. The van der Waals surface area contributed by atoms with Crippen molar-refractivity contribution in [3.63, 3.8) is 0 Å². The number of nitrogens with zero attached hydrogens (tertiary/aromatic N) is 3. The van der Waals surface area contributed by atoms with Gasteiger partial charge in [-0.25, -0.2) is 9.37 Å². The maximum absolute atomic E-state index is 14.8. The molecule has 0 radical (unpaired) electrons. The molecule has 3 aromatic carbocycles. The number of anilines is 3. The summed E-state index contributed by atoms with van der Waals surface area (Å²) < 4.78 is 25.9. The number of benzene rings is 3. The molecule has 5 aromatic rings. The van der Waals surface area contributed by atoms with E-state index < -0.39 is 5.82 Å². The molecule has 0 bridgehead atoms. The molecule has 8 rings (SSSR count). The quantitative estimate of drug-likeness (QED) is 0.144. The summed E-state index contributed by atoms with van der Waals surface area (Å²) in [6.07, 6.45) is 4.16. The molecule has 12 heteroatoms. The first-order chi connectivity index (χ1) is 26.7. The number of nitrogens with one attached hydrogen (secondary N) is 1. The average molecular weight is 761 g/mol. The largest absolute Gasteiger partial charge is 0.491 e. The predicted octanol–water partition coefficient (Wildman–Crippen LogP) is 7.13. The number of Topliss-reactive ketones (excluding diaryl/α,β-unsaturated/α-hetero) is 1. The molecule has 3 aliphatic rings. The highest BCUT2D eigenvalue weighted by Gasteiger charge is 2.45. The summed E-state index contributed by atoms with van der Waals surface area (Å²) in [6, 6.07) is 22.7. The minimum atomic E-state index is -0.541. The molecule has 10 nitrogen and oxygen atoms in total. The zero-order chi connectivity index (χ0) is 38.1. The van der Waals surface area contributed by atoms with Gasteiger partial charge in [0, 0.05) is 78.1 Å². The van der Waals surface area contributed by atoms with E-state index in [4.69, 9.17) is 9.47 Å². The summed E-state index contributed by atoms with van der Waals surface area (Å²) in [7, 11) is 0. The van der Waals surface area contributed by atoms with Crippen molar-refractivity contribution in [2.45, 2.75) is 32.6 Å². The van der Waals surface area contributed by atoms with Gasteiger partial charge in [-0.2, -0.15) is 0 Å². The summed E-state index contributed by atoms with van der Waals surface area (Å²) in [5, 5.41) is 12.2. The molecule has 0 atom stereocenters. The summed E-state index contributed by atoms with van der Waals surface area (Å²) >= 11 is 1.33. The second kappa shape index (κ2) is 15.4. The van der Waals surface area contributed by atoms with Crippen molar-refractivity contribution >= 4 is 46.1 Å². The molecule has 2 fully saturated rings. The Morgan fingerprint density at radius 2 is 1.80 bits per heavy atom. The molecule has 5 heterocycles. The topological polar surface area (TPSA) is 121 Å². The van der Waals surface area contributed by atoms with E-state index in [2.05, 4.69) is 15.2 Å². The van der Waals surface area contributed by atoms with Crippen molar-refractivity contribution in [1.82, 2.24) is 4.98 Å². The lowest BCUT2D eigenvalue weighted by Crippen LogP contribution is -2.59. The standard InChI is InChI=1S/C43H41FN4O6S/c1-27-21-33(40(45-24-27)47-25-43(26-47)14-18-53-19-15-43)41(51)46-30-11-9-28(10-12-30)42(52)48-16-13-29-22-38(55-39(29)31-5-2-3-7-35(31)48)36(50)23-32-34(44)6-4-8-37(32)54-20-17-49/h2-12,21-22,24,49H,13-20,23,25-26H2,1H3,(H,46,51). The Kier molecular flexibility index (Phi) is 10.2. The number of ether oxygens (including phenoxy) is 2. The van der Waals surface area contributed by atoms with Crippen LogP contribution >= 0.6 is 11.3 Å². The van der Waals surface area contributed by atoms with Crippen LogP contribution in [-0.4, -0.2) is 73.7 Å². The summed E-state index contributed by atoms with van der Waals surface area (Å²) in [5.74, 6) is -0.308. The van der Waals surface area contributed by atoms with Gasteiger partial charge < -0.3 is 29.7 Å². The van der Waals surface area contributed by atoms with E-state index in [9.17, 15) is 23.9 Å². The van der Waals surface area contributed by atoms with Crippen LogP contribution in [0, 0.1) is 18.2 Å². The fraction of sp³-hybridized carbons (Fsp3) is 0.302. The first kappa shape index (κ1) is 36.5. The van der Waals surface area contributed by atoms with Crippen LogP contribution in [0.15, 0.2) is 85.1 Å². The van der Waals surface area contributed by atoms with Gasteiger partial charge in [0.2, 0.25) is 0 Å². The average Bonchev–Trinajstić information content (AvgIpc) is 3.55. The monoisotopic (exact) mass is 760 g/mol. The van der Waals surface area contributed by atoms with Crippen LogP contribution in [0.25, 0.3) is 10.4 Å². The third-order valence-corrected chi connectivity index (χ3v) is 11.9. The van der Waals surface area contributed by atoms with Crippen LogP contribution < -0.4 is 19.9 Å². The van der Waals surface area contributed by atoms with E-state index in [1.165, 1.54) is 23.5 Å². The molecule has 1 spiro atoms. The molecule has 0 unspecified atom stereocenters. The predicted molar refractivity (Wildman–Crippen MR) is 210 cm³/mol. The zero-order valence-corrected chi connectivity index (χ0v) is 31.3. The lowest BCUT2D eigenvalue weighted by molar-refractivity contribution is -0.000511. The lowest BCUT2D eigenvalue weighted by Gasteiger charge is -2.53. The maximum atomic E-state index is 14.8. The molecule has 2 aromatic heterocycles. The van der Waals surface area contributed by atoms with Crippen molar-refractivity contribution < 1.29 is 33.4 Å². The van der Waals surface area contributed by atoms with Crippen molar-refractivity contribution in [1.29, 1.82) is 0 Å². The van der Waals surface area contributed by atoms with E-state index in [1.54, 1.807) is 41.4 Å². The van der Waals surface area contributed by atoms with Crippen LogP contribution in [0.4, 0.5) is 21.6 Å². The number of hydrogen-bond donors (Lipinski definition) is 2. The van der Waals surface area contributed by atoms with Gasteiger partial charge in [0.15, 0.2) is 5.78 Å². The van der Waals surface area contributed by atoms with Gasteiger partial charge in [-0.1, -0.05) is 24.3 Å². The van der Waals surface area contributed by atoms with E-state index in [1.807, 2.05) is 43.3 Å². The Balaban J connectivity index is 0.969. The summed E-state index contributed by atoms with van der Waals surface area (Å²) in [4.78, 5) is 51.2. The van der Waals surface area contributed by atoms with Crippen molar-refractivity contribution in [2.75, 3.05) is 61.2 Å². The molecule has 282 valence electrons. The fourth-order valence-corrected chi connectivity index (χ4v) is 8.94. The van der Waals surface area contributed by atoms with Crippen LogP contribution in [0.1, 0.15) is 59.9 Å². The number of fused-ring (bicyclic) bond motifs is 3. The second-order valence-electron chi connectivity index (χ2n) is 14.5. The molecule has 0 aliphatic carbocycles. The van der Waals surface area contributed by atoms with Gasteiger partial charge in [-0.15, -0.1) is 11.3 Å². The van der Waals surface area contributed by atoms with Crippen molar-refractivity contribution in [3.8, 4) is 16.2 Å². The number of carbonyl (C=O) groups is 3. The first-order valence-corrected chi connectivity index (χ1v) is 19.3. The highest BCUT2D eigenvalue weighted by Crippen LogP contribution is 2.44. The number of ketones is 1. The second-order valence-corrected chi connectivity index (χ2v) is 15.5. The molecule has 2 amide bonds. The minimum Gasteiger partial charge on any atom is -0.491 e. The number of aromatic nitrogens is 1. The Morgan fingerprint density at radius 1 is 1.02 bits per heavy atom. The number of para-hydroxylation sites is 1. The van der Waals surface area contributed by atoms with E-state index in [-0.39, 0.29) is 54.0 Å². The number of rotatable bonds is 10. The lowest BCUT2D eigenvalue weighted by atomic mass is 9.73. The highest BCUT2D eigenvalue weighted by molar-refractivity contribution is 7.17. The summed E-state index contributed by atoms with van der Waals surface area (Å²) in [5.41, 5.74) is 5.33. The van der Waals surface area contributed by atoms with Gasteiger partial charge >= 0.3 is 0 Å². The third kappa shape index (κ3) is 7.37. The number of thiophene rings is 1. The summed E-state index contributed by atoms with van der Waals surface area (Å²) in [6.45, 7) is 5.32. The Labute approximate surface area is 322 Å². The van der Waals surface area contributed by atoms with Crippen LogP contribution in [0.2, 0.25) is 0 Å². The number of aliphatic hydroxyl groups is 1. The van der Waals surface area contributed by atoms with Crippen LogP contribution in [-0.2, 0) is 17.6 Å². The third-order valence-electron chi connectivity index (χ3n) is 10.7. The van der Waals surface area contributed by atoms with Crippen molar-refractivity contribution in [3.05, 3.63) is 124 Å². The number of aliphatic hydroxyl groups excluding tert-OH is 1. The first-order valence-electron chi connectivity index (χ1n) is 18.5. The van der Waals surface area contributed by atoms with Gasteiger partial charge in [0.05, 0.1) is 22.7 Å². The molecular weight excluding hydrogens is 720 g/mol. The molecule has 2 N–H and O–H groups in total. The van der Waals surface area contributed by atoms with E-state index in [0.29, 0.717) is 40.5 Å². The normalized spacial score (nSPS) is 15.8. The Hall–Kier alpha value is -5.43. The van der Waals surface area contributed by atoms with Gasteiger partial charge in [-0.3, -0.25) is 14.4 Å². The molecular formula is C43H41FN4O6S. The highest BCUT2D eigenvalue weighted by atomic mass is 32.1. The van der Waals surface area contributed by atoms with Crippen LogP contribution in [0.3, 0.4) is 0 Å². The fourth-order valence-electron chi connectivity index (χ4n) is 7.76. The van der Waals surface area contributed by atoms with E-state index >= 15 is 0 Å². The minimum absolute atomic E-state index is 0.00599. The SMILES string of the molecule is Cc1cnc(N2CC3(CCOCC3)C2)c(C(=O)Nc2ccc(C(=O)N3CCc4cc(C(=O)Cc5c(F)cccc5OCCO)sc4-c4ccccc43)cc2)c1. The molecule has 55 heavy (non-hydrogen) atoms. The number of carbonyl (C=O) groups excluding carboxylic acids is 3. The maximum Gasteiger partial charge on any atom is 0.259 e. The zero-order valence-electron chi connectivity index (χ0n) is 30.5. The van der Waals surface area contributed by atoms with Crippen molar-refractivity contribution in [2.24, 2.45) is 5.41 Å². The van der Waals surface area contributed by atoms with Crippen LogP contribution in [0.5, 0.6) is 5.75 Å². The molecule has 3 aliphatic heterocycles.